The van der Waals surface area contributed by atoms with Crippen molar-refractivity contribution in [2.24, 2.45) is 0 Å². The summed E-state index contributed by atoms with van der Waals surface area (Å²) in [5.41, 5.74) is 3.31. The summed E-state index contributed by atoms with van der Waals surface area (Å²) in [6, 6.07) is 14.2. The van der Waals surface area contributed by atoms with Crippen LogP contribution >= 0.6 is 0 Å². The first-order valence-electron chi connectivity index (χ1n) is 10.4. The quantitative estimate of drug-likeness (QED) is 0.750. The van der Waals surface area contributed by atoms with Gasteiger partial charge in [0, 0.05) is 37.4 Å². The molecule has 3 rings (SSSR count). The molecule has 6 nitrogen and oxygen atoms in total. The van der Waals surface area contributed by atoms with Crippen LogP contribution in [0.2, 0.25) is 0 Å². The van der Waals surface area contributed by atoms with Crippen LogP contribution in [0, 0.1) is 11.3 Å². The lowest BCUT2D eigenvalue weighted by Crippen LogP contribution is -2.46. The van der Waals surface area contributed by atoms with E-state index in [0.717, 1.165) is 49.3 Å². The van der Waals surface area contributed by atoms with E-state index >= 15 is 0 Å². The summed E-state index contributed by atoms with van der Waals surface area (Å²) in [5.74, 6) is 0. The maximum atomic E-state index is 12.2. The topological polar surface area (TPSA) is 69.5 Å². The lowest BCUT2D eigenvalue weighted by molar-refractivity contribution is 0.0152. The third kappa shape index (κ3) is 5.80. The molecule has 0 bridgehead atoms. The third-order valence-electron chi connectivity index (χ3n) is 5.32. The van der Waals surface area contributed by atoms with Crippen LogP contribution in [0.3, 0.4) is 0 Å². The molecule has 0 aliphatic carbocycles. The van der Waals surface area contributed by atoms with Crippen molar-refractivity contribution in [1.29, 1.82) is 5.26 Å². The van der Waals surface area contributed by atoms with Crippen LogP contribution in [0.4, 0.5) is 4.79 Å². The maximum absolute atomic E-state index is 12.2. The summed E-state index contributed by atoms with van der Waals surface area (Å²) in [5, 5.41) is 8.92. The number of nitriles is 1. The van der Waals surface area contributed by atoms with E-state index in [4.69, 9.17) is 10.00 Å². The number of benzene rings is 1. The zero-order valence-electron chi connectivity index (χ0n) is 18.3. The number of ether oxygens (including phenoxy) is 1. The average Bonchev–Trinajstić information content (AvgIpc) is 2.73. The molecular weight excluding hydrogens is 376 g/mol. The maximum Gasteiger partial charge on any atom is 0.410 e. The molecule has 1 aliphatic rings. The molecule has 0 N–H and O–H groups in total. The summed E-state index contributed by atoms with van der Waals surface area (Å²) < 4.78 is 5.48. The van der Waals surface area contributed by atoms with E-state index in [1.165, 1.54) is 0 Å². The fraction of sp³-hybridized carbons (Fsp3) is 0.458. The van der Waals surface area contributed by atoms with Gasteiger partial charge in [-0.05, 0) is 64.4 Å². The lowest BCUT2D eigenvalue weighted by Gasteiger charge is -2.37. The van der Waals surface area contributed by atoms with Crippen LogP contribution in [0.15, 0.2) is 42.6 Å². The molecule has 0 atom stereocenters. The van der Waals surface area contributed by atoms with E-state index in [2.05, 4.69) is 35.1 Å². The van der Waals surface area contributed by atoms with Gasteiger partial charge in [-0.1, -0.05) is 18.2 Å². The monoisotopic (exact) mass is 406 g/mol. The van der Waals surface area contributed by atoms with Crippen molar-refractivity contribution in [2.45, 2.75) is 51.8 Å². The Balaban J connectivity index is 1.52. The van der Waals surface area contributed by atoms with Crippen molar-refractivity contribution in [3.63, 3.8) is 0 Å². The van der Waals surface area contributed by atoms with Crippen LogP contribution in [-0.2, 0) is 11.3 Å². The normalized spacial score (nSPS) is 15.1. The van der Waals surface area contributed by atoms with Crippen molar-refractivity contribution in [2.75, 3.05) is 20.1 Å². The molecule has 1 amide bonds. The van der Waals surface area contributed by atoms with Crippen LogP contribution in [-0.4, -0.2) is 52.7 Å². The van der Waals surface area contributed by atoms with Crippen molar-refractivity contribution in [3.05, 3.63) is 53.9 Å². The van der Waals surface area contributed by atoms with E-state index in [1.54, 1.807) is 4.90 Å². The predicted octanol–water partition coefficient (Wildman–Crippen LogP) is 4.45. The summed E-state index contributed by atoms with van der Waals surface area (Å²) in [7, 11) is 2.12. The standard InChI is InChI=1S/C24H30N4O2/c1-24(2,3)30-23(29)28-13-11-22(12-14-28)27(4)17-21-10-9-20(16-26-21)19-7-5-18(15-25)6-8-19/h5-10,16,22H,11-14,17H2,1-4H3. The minimum Gasteiger partial charge on any atom is -0.444 e. The van der Waals surface area contributed by atoms with Crippen LogP contribution < -0.4 is 0 Å². The third-order valence-corrected chi connectivity index (χ3v) is 5.32. The van der Waals surface area contributed by atoms with Gasteiger partial charge in [0.25, 0.3) is 0 Å². The predicted molar refractivity (Wildman–Crippen MR) is 117 cm³/mol. The summed E-state index contributed by atoms with van der Waals surface area (Å²) >= 11 is 0. The Morgan fingerprint density at radius 1 is 1.17 bits per heavy atom. The molecule has 0 saturated carbocycles. The smallest absolute Gasteiger partial charge is 0.410 e. The largest absolute Gasteiger partial charge is 0.444 e. The minimum atomic E-state index is -0.458. The highest BCUT2D eigenvalue weighted by molar-refractivity contribution is 5.68. The fourth-order valence-corrected chi connectivity index (χ4v) is 3.63. The second-order valence-corrected chi connectivity index (χ2v) is 8.84. The van der Waals surface area contributed by atoms with E-state index in [0.29, 0.717) is 11.6 Å². The van der Waals surface area contributed by atoms with Crippen molar-refractivity contribution in [1.82, 2.24) is 14.8 Å². The Kier molecular flexibility index (Phi) is 6.73. The van der Waals surface area contributed by atoms with E-state index in [1.807, 2.05) is 51.2 Å². The molecule has 6 heteroatoms. The van der Waals surface area contributed by atoms with Gasteiger partial charge in [-0.25, -0.2) is 4.79 Å². The Bertz CT molecular complexity index is 887. The SMILES string of the molecule is CN(Cc1ccc(-c2ccc(C#N)cc2)cn1)C1CCN(C(=O)OC(C)(C)C)CC1. The lowest BCUT2D eigenvalue weighted by atomic mass is 10.0. The number of carbonyl (C=O) groups excluding carboxylic acids is 1. The molecular formula is C24H30N4O2. The van der Waals surface area contributed by atoms with Gasteiger partial charge >= 0.3 is 6.09 Å². The van der Waals surface area contributed by atoms with Crippen molar-refractivity contribution >= 4 is 6.09 Å². The second kappa shape index (κ2) is 9.27. The van der Waals surface area contributed by atoms with Gasteiger partial charge in [0.15, 0.2) is 0 Å². The molecule has 0 unspecified atom stereocenters. The van der Waals surface area contributed by atoms with Gasteiger partial charge in [0.05, 0.1) is 17.3 Å². The van der Waals surface area contributed by atoms with Gasteiger partial charge in [-0.2, -0.15) is 5.26 Å². The molecule has 1 aromatic carbocycles. The first kappa shape index (κ1) is 21.8. The number of likely N-dealkylation sites (tertiary alicyclic amines) is 1. The number of rotatable bonds is 4. The molecule has 1 saturated heterocycles. The number of hydrogen-bond donors (Lipinski definition) is 0. The number of amides is 1. The highest BCUT2D eigenvalue weighted by Crippen LogP contribution is 2.22. The second-order valence-electron chi connectivity index (χ2n) is 8.84. The molecule has 0 radical (unpaired) electrons. The van der Waals surface area contributed by atoms with Crippen molar-refractivity contribution in [3.8, 4) is 17.2 Å². The van der Waals surface area contributed by atoms with Gasteiger partial charge in [-0.15, -0.1) is 0 Å². The molecule has 158 valence electrons. The number of nitrogens with zero attached hydrogens (tertiary/aromatic N) is 4. The van der Waals surface area contributed by atoms with E-state index < -0.39 is 5.60 Å². The first-order chi connectivity index (χ1) is 14.2. The zero-order chi connectivity index (χ0) is 21.7. The summed E-state index contributed by atoms with van der Waals surface area (Å²) in [6.07, 6.45) is 3.53. The highest BCUT2D eigenvalue weighted by atomic mass is 16.6. The molecule has 2 heterocycles. The summed E-state index contributed by atoms with van der Waals surface area (Å²) in [4.78, 5) is 21.0. The Labute approximate surface area is 179 Å². The van der Waals surface area contributed by atoms with Crippen molar-refractivity contribution < 1.29 is 9.53 Å². The number of aromatic nitrogens is 1. The number of carbonyl (C=O) groups is 1. The zero-order valence-corrected chi connectivity index (χ0v) is 18.3. The Morgan fingerprint density at radius 2 is 1.80 bits per heavy atom. The average molecular weight is 407 g/mol. The number of piperidine rings is 1. The van der Waals surface area contributed by atoms with Gasteiger partial charge < -0.3 is 9.64 Å². The molecule has 0 spiro atoms. The fourth-order valence-electron chi connectivity index (χ4n) is 3.63. The Morgan fingerprint density at radius 3 is 2.33 bits per heavy atom. The minimum absolute atomic E-state index is 0.219. The van der Waals surface area contributed by atoms with Crippen LogP contribution in [0.1, 0.15) is 44.9 Å². The van der Waals surface area contributed by atoms with E-state index in [-0.39, 0.29) is 6.09 Å². The summed E-state index contributed by atoms with van der Waals surface area (Å²) in [6.45, 7) is 7.88. The van der Waals surface area contributed by atoms with Crippen LogP contribution in [0.5, 0.6) is 0 Å². The number of hydrogen-bond acceptors (Lipinski definition) is 5. The Hall–Kier alpha value is -2.91. The van der Waals surface area contributed by atoms with Gasteiger partial charge in [-0.3, -0.25) is 9.88 Å². The highest BCUT2D eigenvalue weighted by Gasteiger charge is 2.28. The molecule has 2 aromatic rings. The molecule has 1 fully saturated rings. The molecule has 30 heavy (non-hydrogen) atoms. The van der Waals surface area contributed by atoms with Gasteiger partial charge in [0.2, 0.25) is 0 Å². The first-order valence-corrected chi connectivity index (χ1v) is 10.4. The number of pyridine rings is 1. The molecule has 1 aliphatic heterocycles. The van der Waals surface area contributed by atoms with Crippen LogP contribution in [0.25, 0.3) is 11.1 Å². The van der Waals surface area contributed by atoms with E-state index in [9.17, 15) is 4.79 Å². The molecule has 1 aromatic heterocycles. The van der Waals surface area contributed by atoms with Gasteiger partial charge in [0.1, 0.15) is 5.60 Å².